The summed E-state index contributed by atoms with van der Waals surface area (Å²) < 4.78 is 1.44. The van der Waals surface area contributed by atoms with Gasteiger partial charge in [0, 0.05) is 35.3 Å². The fourth-order valence-electron chi connectivity index (χ4n) is 5.79. The lowest BCUT2D eigenvalue weighted by Crippen LogP contribution is -2.33. The Bertz CT molecular complexity index is 1680. The van der Waals surface area contributed by atoms with Crippen molar-refractivity contribution in [3.05, 3.63) is 105 Å². The number of carbonyl (C=O) groups excluding carboxylic acids is 3. The maximum absolute atomic E-state index is 14.0. The summed E-state index contributed by atoms with van der Waals surface area (Å²) in [7, 11) is 0. The molecule has 1 fully saturated rings. The molecule has 2 aliphatic rings. The molecule has 0 spiro atoms. The molecule has 10 heteroatoms. The van der Waals surface area contributed by atoms with E-state index in [0.717, 1.165) is 35.7 Å². The second-order valence-corrected chi connectivity index (χ2v) is 12.3. The number of amides is 3. The van der Waals surface area contributed by atoms with E-state index >= 15 is 0 Å². The van der Waals surface area contributed by atoms with Gasteiger partial charge in [-0.3, -0.25) is 23.7 Å². The first kappa shape index (κ1) is 28.0. The number of benzene rings is 3. The lowest BCUT2D eigenvalue weighted by atomic mass is 9.83. The van der Waals surface area contributed by atoms with Gasteiger partial charge in [0.1, 0.15) is 11.8 Å². The Hall–Kier alpha value is -4.15. The highest BCUT2D eigenvalue weighted by molar-refractivity contribution is 8.00. The zero-order valence-corrected chi connectivity index (χ0v) is 24.9. The molecule has 3 atom stereocenters. The number of nitrogens with one attached hydrogen (secondary N) is 1. The van der Waals surface area contributed by atoms with Crippen LogP contribution >= 0.6 is 23.1 Å². The first-order chi connectivity index (χ1) is 20.4. The number of carbonyl (C=O) groups is 3. The highest BCUT2D eigenvalue weighted by Crippen LogP contribution is 2.54. The summed E-state index contributed by atoms with van der Waals surface area (Å²) in [5, 5.41) is 2.68. The number of imide groups is 1. The highest BCUT2D eigenvalue weighted by atomic mass is 32.2. The summed E-state index contributed by atoms with van der Waals surface area (Å²) in [6.45, 7) is 5.73. The fourth-order valence-corrected chi connectivity index (χ4v) is 8.57. The second kappa shape index (κ2) is 11.6. The quantitative estimate of drug-likeness (QED) is 0.281. The maximum atomic E-state index is 14.0. The molecule has 0 unspecified atom stereocenters. The van der Waals surface area contributed by atoms with Gasteiger partial charge in [0.05, 0.1) is 16.6 Å². The Morgan fingerprint density at radius 3 is 2.14 bits per heavy atom. The molecule has 4 aromatic rings. The first-order valence-corrected chi connectivity index (χ1v) is 15.6. The van der Waals surface area contributed by atoms with Crippen molar-refractivity contribution in [3.8, 4) is 0 Å². The number of thioether (sulfide) groups is 1. The van der Waals surface area contributed by atoms with Crippen LogP contribution in [0.15, 0.2) is 94.7 Å². The van der Waals surface area contributed by atoms with Crippen LogP contribution in [-0.2, 0) is 20.9 Å². The molecule has 3 amide bonds. The SMILES string of the molecule is CCN(CC)c1ccc([C@@H]2c3sc(=O)n(CC(=O)Nc4ccccc4)c3S[C@H]3C(=O)N(c4ccccc4)C(=O)[C@@H]23)cc1. The van der Waals surface area contributed by atoms with Gasteiger partial charge >= 0.3 is 4.87 Å². The monoisotopic (exact) mass is 598 g/mol. The van der Waals surface area contributed by atoms with Crippen molar-refractivity contribution in [1.29, 1.82) is 0 Å². The van der Waals surface area contributed by atoms with Crippen molar-refractivity contribution in [1.82, 2.24) is 4.57 Å². The molecule has 1 N–H and O–H groups in total. The van der Waals surface area contributed by atoms with E-state index in [0.29, 0.717) is 21.3 Å². The Labute approximate surface area is 252 Å². The van der Waals surface area contributed by atoms with E-state index in [-0.39, 0.29) is 29.1 Å². The van der Waals surface area contributed by atoms with Gasteiger partial charge in [-0.1, -0.05) is 71.6 Å². The van der Waals surface area contributed by atoms with Crippen LogP contribution in [-0.4, -0.2) is 40.6 Å². The predicted molar refractivity (Wildman–Crippen MR) is 168 cm³/mol. The summed E-state index contributed by atoms with van der Waals surface area (Å²) in [6.07, 6.45) is 0. The van der Waals surface area contributed by atoms with Gasteiger partial charge in [0.25, 0.3) is 0 Å². The third-order valence-corrected chi connectivity index (χ3v) is 10.4. The average Bonchev–Trinajstić information content (AvgIpc) is 3.45. The molecule has 0 saturated carbocycles. The smallest absolute Gasteiger partial charge is 0.308 e. The van der Waals surface area contributed by atoms with E-state index in [4.69, 9.17) is 0 Å². The molecule has 2 aliphatic heterocycles. The third kappa shape index (κ3) is 4.94. The summed E-state index contributed by atoms with van der Waals surface area (Å²) in [5.41, 5.74) is 3.09. The number of hydrogen-bond acceptors (Lipinski definition) is 7. The molecular weight excluding hydrogens is 569 g/mol. The minimum absolute atomic E-state index is 0.192. The lowest BCUT2D eigenvalue weighted by molar-refractivity contribution is -0.122. The fraction of sp³-hybridized carbons (Fsp3) is 0.250. The van der Waals surface area contributed by atoms with E-state index in [9.17, 15) is 19.2 Å². The lowest BCUT2D eigenvalue weighted by Gasteiger charge is -2.31. The van der Waals surface area contributed by atoms with Gasteiger partial charge in [0.15, 0.2) is 0 Å². The van der Waals surface area contributed by atoms with Crippen molar-refractivity contribution in [2.75, 3.05) is 28.2 Å². The zero-order chi connectivity index (χ0) is 29.4. The number of fused-ring (bicyclic) bond motifs is 2. The van der Waals surface area contributed by atoms with Crippen molar-refractivity contribution in [2.45, 2.75) is 36.6 Å². The molecule has 3 aromatic carbocycles. The van der Waals surface area contributed by atoms with Crippen molar-refractivity contribution in [3.63, 3.8) is 0 Å². The number of nitrogens with zero attached hydrogens (tertiary/aromatic N) is 3. The molecule has 3 heterocycles. The number of para-hydroxylation sites is 2. The van der Waals surface area contributed by atoms with Crippen LogP contribution in [0.2, 0.25) is 0 Å². The standard InChI is InChI=1S/C32H30N4O4S2/c1-3-34(4-2)22-17-15-20(16-18-22)25-26-27(30(39)36(29(26)38)23-13-9-6-10-14-23)41-31-28(25)42-32(40)35(31)19-24(37)33-21-11-7-5-8-12-21/h5-18,25-27H,3-4,19H2,1-2H3,(H,33,37)/t25-,26-,27+/m0/s1. The number of aromatic nitrogens is 1. The Kier molecular flexibility index (Phi) is 7.74. The first-order valence-electron chi connectivity index (χ1n) is 13.9. The van der Waals surface area contributed by atoms with Crippen LogP contribution in [0.3, 0.4) is 0 Å². The van der Waals surface area contributed by atoms with Gasteiger partial charge in [0.2, 0.25) is 17.7 Å². The molecule has 1 aromatic heterocycles. The van der Waals surface area contributed by atoms with E-state index in [2.05, 4.69) is 24.1 Å². The molecule has 42 heavy (non-hydrogen) atoms. The van der Waals surface area contributed by atoms with Gasteiger partial charge < -0.3 is 10.2 Å². The predicted octanol–water partition coefficient (Wildman–Crippen LogP) is 5.19. The summed E-state index contributed by atoms with van der Waals surface area (Å²) >= 11 is 2.27. The van der Waals surface area contributed by atoms with E-state index in [1.807, 2.05) is 48.5 Å². The van der Waals surface area contributed by atoms with Crippen molar-refractivity contribution < 1.29 is 14.4 Å². The van der Waals surface area contributed by atoms with Gasteiger partial charge in [-0.2, -0.15) is 0 Å². The number of hydrogen-bond donors (Lipinski definition) is 1. The summed E-state index contributed by atoms with van der Waals surface area (Å²) in [6, 6.07) is 26.1. The Balaban J connectivity index is 1.42. The molecule has 6 rings (SSSR count). The van der Waals surface area contributed by atoms with Crippen LogP contribution in [0.25, 0.3) is 0 Å². The Morgan fingerprint density at radius 2 is 1.50 bits per heavy atom. The zero-order valence-electron chi connectivity index (χ0n) is 23.2. The van der Waals surface area contributed by atoms with Gasteiger partial charge in [-0.05, 0) is 55.8 Å². The number of thiazole rings is 1. The molecule has 214 valence electrons. The number of rotatable bonds is 8. The van der Waals surface area contributed by atoms with E-state index in [1.54, 1.807) is 36.4 Å². The highest BCUT2D eigenvalue weighted by Gasteiger charge is 2.56. The van der Waals surface area contributed by atoms with Crippen LogP contribution in [0.4, 0.5) is 17.1 Å². The largest absolute Gasteiger partial charge is 0.372 e. The summed E-state index contributed by atoms with van der Waals surface area (Å²) in [5.74, 6) is -2.11. The van der Waals surface area contributed by atoms with Crippen LogP contribution in [0.1, 0.15) is 30.2 Å². The molecule has 8 nitrogen and oxygen atoms in total. The summed E-state index contributed by atoms with van der Waals surface area (Å²) in [4.78, 5) is 58.2. The second-order valence-electron chi connectivity index (χ2n) is 10.2. The van der Waals surface area contributed by atoms with Gasteiger partial charge in [-0.25, -0.2) is 4.90 Å². The molecular formula is C32H30N4O4S2. The van der Waals surface area contributed by atoms with Crippen LogP contribution in [0.5, 0.6) is 0 Å². The minimum Gasteiger partial charge on any atom is -0.372 e. The average molecular weight is 599 g/mol. The molecule has 1 saturated heterocycles. The molecule has 0 aliphatic carbocycles. The topological polar surface area (TPSA) is 91.7 Å². The third-order valence-electron chi connectivity index (χ3n) is 7.80. The van der Waals surface area contributed by atoms with E-state index < -0.39 is 17.1 Å². The van der Waals surface area contributed by atoms with Crippen molar-refractivity contribution >= 4 is 57.9 Å². The number of anilines is 3. The normalized spacial score (nSPS) is 19.4. The van der Waals surface area contributed by atoms with E-state index in [1.165, 1.54) is 21.2 Å². The van der Waals surface area contributed by atoms with Crippen molar-refractivity contribution in [2.24, 2.45) is 5.92 Å². The molecule has 0 radical (unpaired) electrons. The molecule has 0 bridgehead atoms. The maximum Gasteiger partial charge on any atom is 0.308 e. The Morgan fingerprint density at radius 1 is 0.857 bits per heavy atom. The minimum atomic E-state index is -0.727. The van der Waals surface area contributed by atoms with Crippen LogP contribution in [0, 0.1) is 5.92 Å². The van der Waals surface area contributed by atoms with Gasteiger partial charge in [-0.15, -0.1) is 0 Å². The van der Waals surface area contributed by atoms with Crippen LogP contribution < -0.4 is 20.0 Å².